The van der Waals surface area contributed by atoms with E-state index in [1.165, 1.54) is 48.8 Å². The topological polar surface area (TPSA) is 66.8 Å². The summed E-state index contributed by atoms with van der Waals surface area (Å²) in [5, 5.41) is 8.78. The summed E-state index contributed by atoms with van der Waals surface area (Å²) >= 11 is 6.39. The summed E-state index contributed by atoms with van der Waals surface area (Å²) in [5.74, 6) is -0.367. The molecule has 1 N–H and O–H groups in total. The van der Waals surface area contributed by atoms with Gasteiger partial charge < -0.3 is 9.84 Å². The third-order valence-electron chi connectivity index (χ3n) is 4.37. The smallest absolute Gasteiger partial charge is 0.305 e. The molecule has 0 aromatic heterocycles. The maximum absolute atomic E-state index is 12.4. The van der Waals surface area contributed by atoms with Crippen molar-refractivity contribution in [2.75, 3.05) is 13.2 Å². The first-order valence-corrected chi connectivity index (χ1v) is 10.9. The highest BCUT2D eigenvalue weighted by Crippen LogP contribution is 2.32. The predicted octanol–water partition coefficient (Wildman–Crippen LogP) is 5.10. The molecular weight excluding hydrogens is 394 g/mol. The number of amides is 1. The molecule has 1 aliphatic rings. The number of hydrogen-bond acceptors (Lipinski definition) is 5. The van der Waals surface area contributed by atoms with Gasteiger partial charge in [-0.2, -0.15) is 0 Å². The van der Waals surface area contributed by atoms with E-state index in [1.807, 2.05) is 24.3 Å². The van der Waals surface area contributed by atoms with Gasteiger partial charge in [-0.05, 0) is 30.2 Å². The number of nitrogens with zero attached hydrogens (tertiary/aromatic N) is 1. The summed E-state index contributed by atoms with van der Waals surface area (Å²) in [6.45, 7) is 3.03. The molecule has 152 valence electrons. The first-order valence-electron chi connectivity index (χ1n) is 9.71. The van der Waals surface area contributed by atoms with Crippen LogP contribution in [0.5, 0.6) is 5.75 Å². The molecule has 0 atom stereocenters. The second-order valence-electron chi connectivity index (χ2n) is 6.66. The Morgan fingerprint density at radius 2 is 1.86 bits per heavy atom. The first kappa shape index (κ1) is 22.4. The van der Waals surface area contributed by atoms with Gasteiger partial charge in [0.05, 0.1) is 17.9 Å². The molecule has 1 saturated heterocycles. The SMILES string of the molecule is CCCCCCCCOc1ccc(/C=C2\SC(=S)N(CCC(=O)O)C2=O)cc1. The number of benzene rings is 1. The van der Waals surface area contributed by atoms with Gasteiger partial charge >= 0.3 is 5.97 Å². The molecule has 0 aliphatic carbocycles. The molecule has 2 rings (SSSR count). The van der Waals surface area contributed by atoms with Crippen molar-refractivity contribution in [2.24, 2.45) is 0 Å². The number of rotatable bonds is 12. The number of carboxylic acids is 1. The molecule has 28 heavy (non-hydrogen) atoms. The normalized spacial score (nSPS) is 15.5. The van der Waals surface area contributed by atoms with E-state index in [0.717, 1.165) is 17.7 Å². The van der Waals surface area contributed by atoms with Crippen molar-refractivity contribution < 1.29 is 19.4 Å². The number of ether oxygens (including phenoxy) is 1. The van der Waals surface area contributed by atoms with Crippen LogP contribution in [0.25, 0.3) is 6.08 Å². The fourth-order valence-corrected chi connectivity index (χ4v) is 4.09. The highest BCUT2D eigenvalue weighted by molar-refractivity contribution is 8.26. The molecule has 1 fully saturated rings. The van der Waals surface area contributed by atoms with Crippen LogP contribution in [-0.4, -0.2) is 39.4 Å². The number of carboxylic acid groups (broad SMARTS) is 1. The van der Waals surface area contributed by atoms with Gasteiger partial charge in [0.1, 0.15) is 10.1 Å². The lowest BCUT2D eigenvalue weighted by Crippen LogP contribution is -2.30. The van der Waals surface area contributed by atoms with Crippen LogP contribution in [0.3, 0.4) is 0 Å². The van der Waals surface area contributed by atoms with Crippen molar-refractivity contribution in [3.63, 3.8) is 0 Å². The van der Waals surface area contributed by atoms with Gasteiger partial charge in [-0.1, -0.05) is 75.1 Å². The van der Waals surface area contributed by atoms with Crippen LogP contribution in [0.2, 0.25) is 0 Å². The Morgan fingerprint density at radius 1 is 1.18 bits per heavy atom. The van der Waals surface area contributed by atoms with Crippen LogP contribution in [0.4, 0.5) is 0 Å². The van der Waals surface area contributed by atoms with Crippen molar-refractivity contribution in [2.45, 2.75) is 51.9 Å². The summed E-state index contributed by atoms with van der Waals surface area (Å²) in [6, 6.07) is 7.60. The molecule has 1 aromatic rings. The second-order valence-corrected chi connectivity index (χ2v) is 8.34. The van der Waals surface area contributed by atoms with Crippen molar-refractivity contribution in [3.05, 3.63) is 34.7 Å². The largest absolute Gasteiger partial charge is 0.494 e. The molecule has 0 spiro atoms. The van der Waals surface area contributed by atoms with E-state index >= 15 is 0 Å². The summed E-state index contributed by atoms with van der Waals surface area (Å²) in [4.78, 5) is 25.0. The molecule has 0 radical (unpaired) electrons. The zero-order valence-electron chi connectivity index (χ0n) is 16.2. The quantitative estimate of drug-likeness (QED) is 0.288. The Hall–Kier alpha value is -1.86. The van der Waals surface area contributed by atoms with Gasteiger partial charge in [-0.15, -0.1) is 0 Å². The Morgan fingerprint density at radius 3 is 2.54 bits per heavy atom. The molecule has 7 heteroatoms. The van der Waals surface area contributed by atoms with Gasteiger partial charge in [0.2, 0.25) is 0 Å². The number of carbonyl (C=O) groups excluding carboxylic acids is 1. The molecule has 0 unspecified atom stereocenters. The van der Waals surface area contributed by atoms with E-state index in [2.05, 4.69) is 6.92 Å². The monoisotopic (exact) mass is 421 g/mol. The van der Waals surface area contributed by atoms with Crippen LogP contribution in [-0.2, 0) is 9.59 Å². The average Bonchev–Trinajstić information content (AvgIpc) is 2.93. The van der Waals surface area contributed by atoms with E-state index in [9.17, 15) is 9.59 Å². The highest BCUT2D eigenvalue weighted by atomic mass is 32.2. The molecule has 1 aliphatic heterocycles. The number of unbranched alkanes of at least 4 members (excludes halogenated alkanes) is 5. The first-order chi connectivity index (χ1) is 13.5. The van der Waals surface area contributed by atoms with Gasteiger partial charge in [-0.25, -0.2) is 0 Å². The van der Waals surface area contributed by atoms with Crippen LogP contribution >= 0.6 is 24.0 Å². The Labute approximate surface area is 176 Å². The van der Waals surface area contributed by atoms with E-state index < -0.39 is 5.97 Å². The number of thioether (sulfide) groups is 1. The van der Waals surface area contributed by atoms with E-state index in [0.29, 0.717) is 15.8 Å². The second kappa shape index (κ2) is 11.9. The van der Waals surface area contributed by atoms with Crippen molar-refractivity contribution >= 4 is 46.3 Å². The summed E-state index contributed by atoms with van der Waals surface area (Å²) in [6.07, 6.45) is 9.04. The molecular formula is C21H27NO4S2. The minimum absolute atomic E-state index is 0.0998. The fraction of sp³-hybridized carbons (Fsp3) is 0.476. The standard InChI is InChI=1S/C21H27NO4S2/c1-2-3-4-5-6-7-14-26-17-10-8-16(9-11-17)15-18-20(25)22(21(27)28-18)13-12-19(23)24/h8-11,15H,2-7,12-14H2,1H3,(H,23,24)/b18-15-. The summed E-state index contributed by atoms with van der Waals surface area (Å²) in [5.41, 5.74) is 0.880. The van der Waals surface area contributed by atoms with Crippen LogP contribution in [0, 0.1) is 0 Å². The van der Waals surface area contributed by atoms with Crippen molar-refractivity contribution in [3.8, 4) is 5.75 Å². The van der Waals surface area contributed by atoms with E-state index in [1.54, 1.807) is 6.08 Å². The van der Waals surface area contributed by atoms with Gasteiger partial charge in [-0.3, -0.25) is 14.5 Å². The lowest BCUT2D eigenvalue weighted by molar-refractivity contribution is -0.137. The third kappa shape index (κ3) is 7.28. The zero-order valence-corrected chi connectivity index (χ0v) is 17.8. The number of aliphatic carboxylic acids is 1. The van der Waals surface area contributed by atoms with Gasteiger partial charge in [0, 0.05) is 6.54 Å². The minimum Gasteiger partial charge on any atom is -0.494 e. The lowest BCUT2D eigenvalue weighted by atomic mass is 10.1. The Bertz CT molecular complexity index is 716. The predicted molar refractivity (Wildman–Crippen MR) is 117 cm³/mol. The molecule has 1 amide bonds. The maximum Gasteiger partial charge on any atom is 0.305 e. The zero-order chi connectivity index (χ0) is 20.4. The lowest BCUT2D eigenvalue weighted by Gasteiger charge is -2.12. The fourth-order valence-electron chi connectivity index (χ4n) is 2.78. The maximum atomic E-state index is 12.4. The van der Waals surface area contributed by atoms with Crippen molar-refractivity contribution in [1.82, 2.24) is 4.90 Å². The van der Waals surface area contributed by atoms with Gasteiger partial charge in [0.25, 0.3) is 5.91 Å². The Kier molecular flexibility index (Phi) is 9.50. The summed E-state index contributed by atoms with van der Waals surface area (Å²) in [7, 11) is 0. The minimum atomic E-state index is -0.949. The molecule has 0 saturated carbocycles. The molecule has 1 aromatic carbocycles. The number of hydrogen-bond donors (Lipinski definition) is 1. The third-order valence-corrected chi connectivity index (χ3v) is 5.75. The van der Waals surface area contributed by atoms with Crippen LogP contribution < -0.4 is 4.74 Å². The van der Waals surface area contributed by atoms with Gasteiger partial charge in [0.15, 0.2) is 0 Å². The van der Waals surface area contributed by atoms with Crippen LogP contribution in [0.1, 0.15) is 57.4 Å². The summed E-state index contributed by atoms with van der Waals surface area (Å²) < 4.78 is 6.17. The van der Waals surface area contributed by atoms with Crippen LogP contribution in [0.15, 0.2) is 29.2 Å². The number of thiocarbonyl (C=S) groups is 1. The van der Waals surface area contributed by atoms with E-state index in [4.69, 9.17) is 22.1 Å². The molecule has 1 heterocycles. The average molecular weight is 422 g/mol. The Balaban J connectivity index is 1.82. The van der Waals surface area contributed by atoms with E-state index in [-0.39, 0.29) is 18.9 Å². The molecule has 5 nitrogen and oxygen atoms in total. The highest BCUT2D eigenvalue weighted by Gasteiger charge is 2.31. The number of carbonyl (C=O) groups is 2. The van der Waals surface area contributed by atoms with Crippen molar-refractivity contribution in [1.29, 1.82) is 0 Å². The molecule has 0 bridgehead atoms.